The van der Waals surface area contributed by atoms with Crippen molar-refractivity contribution in [3.63, 3.8) is 0 Å². The predicted octanol–water partition coefficient (Wildman–Crippen LogP) is 0.420. The van der Waals surface area contributed by atoms with Gasteiger partial charge in [-0.25, -0.2) is 0 Å². The van der Waals surface area contributed by atoms with Crippen LogP contribution in [0.1, 0.15) is 26.7 Å². The van der Waals surface area contributed by atoms with Gasteiger partial charge >= 0.3 is 0 Å². The van der Waals surface area contributed by atoms with Crippen molar-refractivity contribution in [1.82, 2.24) is 29.4 Å². The summed E-state index contributed by atoms with van der Waals surface area (Å²) >= 11 is 0. The van der Waals surface area contributed by atoms with Gasteiger partial charge in [-0.3, -0.25) is 24.5 Å². The maximum absolute atomic E-state index is 5.36. The first-order chi connectivity index (χ1) is 14.9. The normalized spacial score (nSPS) is 36.5. The quantitative estimate of drug-likeness (QED) is 0.571. The zero-order chi connectivity index (χ0) is 22.1. The van der Waals surface area contributed by atoms with Crippen LogP contribution in [0.5, 0.6) is 0 Å². The molecule has 4 unspecified atom stereocenters. The molecule has 0 aromatic carbocycles. The Bertz CT molecular complexity index is 570. The molecule has 7 nitrogen and oxygen atoms in total. The van der Waals surface area contributed by atoms with Crippen molar-refractivity contribution in [3.05, 3.63) is 0 Å². The first-order valence-electron chi connectivity index (χ1n) is 12.7. The number of ether oxygens (including phenoxy) is 1. The highest BCUT2D eigenvalue weighted by Gasteiger charge is 2.47. The lowest BCUT2D eigenvalue weighted by molar-refractivity contribution is -0.0700. The van der Waals surface area contributed by atoms with Gasteiger partial charge in [-0.15, -0.1) is 0 Å². The van der Waals surface area contributed by atoms with Gasteiger partial charge < -0.3 is 9.64 Å². The topological polar surface area (TPSA) is 28.7 Å². The fourth-order valence-electron chi connectivity index (χ4n) is 6.35. The highest BCUT2D eigenvalue weighted by molar-refractivity contribution is 5.04. The molecule has 3 saturated heterocycles. The summed E-state index contributed by atoms with van der Waals surface area (Å²) in [7, 11) is 8.86. The summed E-state index contributed by atoms with van der Waals surface area (Å²) in [4.78, 5) is 16.3. The van der Waals surface area contributed by atoms with E-state index in [-0.39, 0.29) is 0 Å². The smallest absolute Gasteiger partial charge is 0.0589 e. The minimum absolute atomic E-state index is 0.588. The standard InChI is InChI=1S/C24H48N6O/c1-19(2)30-18-22(21-17-28(13-14-31-6)11-10-26(21)4)27(5)16-24(30)23-15-25(3)9-12-29(23)20-7-8-20/h19-24H,7-18H2,1-6H3. The van der Waals surface area contributed by atoms with Gasteiger partial charge in [0.15, 0.2) is 0 Å². The molecule has 0 aromatic rings. The Morgan fingerprint density at radius 3 is 2.19 bits per heavy atom. The fraction of sp³-hybridized carbons (Fsp3) is 1.00. The second-order valence-corrected chi connectivity index (χ2v) is 11.0. The molecule has 7 heteroatoms. The van der Waals surface area contributed by atoms with Gasteiger partial charge in [0.05, 0.1) is 6.61 Å². The Labute approximate surface area is 191 Å². The molecule has 4 fully saturated rings. The molecule has 0 amide bonds. The summed E-state index contributed by atoms with van der Waals surface area (Å²) in [5.74, 6) is 0. The molecular weight excluding hydrogens is 388 g/mol. The van der Waals surface area contributed by atoms with Gasteiger partial charge in [0, 0.05) is 102 Å². The van der Waals surface area contributed by atoms with Crippen LogP contribution in [0.15, 0.2) is 0 Å². The molecule has 180 valence electrons. The molecule has 1 aliphatic carbocycles. The lowest BCUT2D eigenvalue weighted by atomic mass is 9.91. The molecule has 3 heterocycles. The van der Waals surface area contributed by atoms with Gasteiger partial charge in [0.1, 0.15) is 0 Å². The molecule has 4 atom stereocenters. The van der Waals surface area contributed by atoms with Crippen molar-refractivity contribution in [2.24, 2.45) is 0 Å². The summed E-state index contributed by atoms with van der Waals surface area (Å²) < 4.78 is 5.36. The highest BCUT2D eigenvalue weighted by atomic mass is 16.5. The lowest BCUT2D eigenvalue weighted by Gasteiger charge is -2.56. The SMILES string of the molecule is COCCN1CCN(C)C(C2CN(C(C)C)C(C3CN(C)CCN3C3CC3)CN2C)C1. The minimum Gasteiger partial charge on any atom is -0.383 e. The maximum Gasteiger partial charge on any atom is 0.0589 e. The summed E-state index contributed by atoms with van der Waals surface area (Å²) in [6.45, 7) is 16.3. The van der Waals surface area contributed by atoms with Gasteiger partial charge in [0.25, 0.3) is 0 Å². The fourth-order valence-corrected chi connectivity index (χ4v) is 6.35. The van der Waals surface area contributed by atoms with E-state index >= 15 is 0 Å². The van der Waals surface area contributed by atoms with E-state index in [0.717, 1.165) is 38.8 Å². The van der Waals surface area contributed by atoms with Gasteiger partial charge in [0.2, 0.25) is 0 Å². The van der Waals surface area contributed by atoms with Gasteiger partial charge in [-0.1, -0.05) is 0 Å². The number of hydrogen-bond acceptors (Lipinski definition) is 7. The second kappa shape index (κ2) is 10.3. The Hall–Kier alpha value is -0.280. The van der Waals surface area contributed by atoms with Gasteiger partial charge in [-0.05, 0) is 47.8 Å². The third-order valence-electron chi connectivity index (χ3n) is 8.49. The molecule has 31 heavy (non-hydrogen) atoms. The summed E-state index contributed by atoms with van der Waals surface area (Å²) in [5.41, 5.74) is 0. The molecule has 0 N–H and O–H groups in total. The highest BCUT2D eigenvalue weighted by Crippen LogP contribution is 2.34. The summed E-state index contributed by atoms with van der Waals surface area (Å²) in [6.07, 6.45) is 2.83. The van der Waals surface area contributed by atoms with Gasteiger partial charge in [-0.2, -0.15) is 0 Å². The van der Waals surface area contributed by atoms with Crippen LogP contribution in [0.3, 0.4) is 0 Å². The Morgan fingerprint density at radius 1 is 0.774 bits per heavy atom. The van der Waals surface area contributed by atoms with Crippen molar-refractivity contribution in [2.75, 3.05) is 93.8 Å². The molecule has 1 saturated carbocycles. The van der Waals surface area contributed by atoms with Crippen LogP contribution < -0.4 is 0 Å². The predicted molar refractivity (Wildman–Crippen MR) is 128 cm³/mol. The monoisotopic (exact) mass is 436 g/mol. The van der Waals surface area contributed by atoms with E-state index in [4.69, 9.17) is 4.74 Å². The van der Waals surface area contributed by atoms with E-state index in [1.807, 2.05) is 7.11 Å². The van der Waals surface area contributed by atoms with Crippen LogP contribution in [-0.4, -0.2) is 159 Å². The van der Waals surface area contributed by atoms with Crippen molar-refractivity contribution < 1.29 is 4.74 Å². The van der Waals surface area contributed by atoms with Crippen molar-refractivity contribution in [1.29, 1.82) is 0 Å². The average molecular weight is 437 g/mol. The first kappa shape index (κ1) is 23.9. The molecule has 4 aliphatic rings. The second-order valence-electron chi connectivity index (χ2n) is 11.0. The number of piperazine rings is 3. The largest absolute Gasteiger partial charge is 0.383 e. The van der Waals surface area contributed by atoms with Crippen molar-refractivity contribution >= 4 is 0 Å². The zero-order valence-electron chi connectivity index (χ0n) is 21.0. The molecule has 0 aromatic heterocycles. The summed E-state index contributed by atoms with van der Waals surface area (Å²) in [5, 5.41) is 0. The van der Waals surface area contributed by atoms with E-state index in [1.165, 1.54) is 45.6 Å². The Kier molecular flexibility index (Phi) is 7.95. The van der Waals surface area contributed by atoms with Crippen LogP contribution in [0.25, 0.3) is 0 Å². The number of nitrogens with zero attached hydrogens (tertiary/aromatic N) is 6. The van der Waals surface area contributed by atoms with Crippen molar-refractivity contribution in [3.8, 4) is 0 Å². The van der Waals surface area contributed by atoms with E-state index in [0.29, 0.717) is 30.2 Å². The van der Waals surface area contributed by atoms with Crippen LogP contribution in [0.2, 0.25) is 0 Å². The Balaban J connectivity index is 1.48. The number of hydrogen-bond donors (Lipinski definition) is 0. The van der Waals surface area contributed by atoms with E-state index in [1.54, 1.807) is 0 Å². The molecule has 4 rings (SSSR count). The molecular formula is C24H48N6O. The third kappa shape index (κ3) is 5.45. The maximum atomic E-state index is 5.36. The van der Waals surface area contributed by atoms with Crippen molar-refractivity contribution in [2.45, 2.75) is 62.9 Å². The van der Waals surface area contributed by atoms with E-state index in [2.05, 4.69) is 64.4 Å². The number of methoxy groups -OCH3 is 1. The Morgan fingerprint density at radius 2 is 1.52 bits per heavy atom. The minimum atomic E-state index is 0.588. The van der Waals surface area contributed by atoms with Crippen LogP contribution in [0, 0.1) is 0 Å². The third-order valence-corrected chi connectivity index (χ3v) is 8.49. The van der Waals surface area contributed by atoms with Crippen LogP contribution >= 0.6 is 0 Å². The first-order valence-corrected chi connectivity index (χ1v) is 12.7. The summed E-state index contributed by atoms with van der Waals surface area (Å²) in [6, 6.07) is 3.92. The van der Waals surface area contributed by atoms with Crippen LogP contribution in [0.4, 0.5) is 0 Å². The molecule has 0 spiro atoms. The molecule has 3 aliphatic heterocycles. The van der Waals surface area contributed by atoms with E-state index < -0.39 is 0 Å². The number of likely N-dealkylation sites (N-methyl/N-ethyl adjacent to an activating group) is 3. The zero-order valence-corrected chi connectivity index (χ0v) is 21.0. The number of rotatable bonds is 7. The molecule has 0 radical (unpaired) electrons. The lowest BCUT2D eigenvalue weighted by Crippen LogP contribution is -2.72. The molecule has 0 bridgehead atoms. The van der Waals surface area contributed by atoms with Crippen LogP contribution in [-0.2, 0) is 4.74 Å². The average Bonchev–Trinajstić information content (AvgIpc) is 3.58. The van der Waals surface area contributed by atoms with E-state index in [9.17, 15) is 0 Å².